The van der Waals surface area contributed by atoms with Gasteiger partial charge in [0.05, 0.1) is 33.9 Å². The van der Waals surface area contributed by atoms with Crippen LogP contribution in [0.2, 0.25) is 0 Å². The first-order valence-electron chi connectivity index (χ1n) is 8.57. The minimum Gasteiger partial charge on any atom is -0.490 e. The standard InChI is InChI=1S/C16H18N4O10S2/c1-29-15-5-3-11(9-13(15)19(21)22)31(25,26)17-7-8-18-32(27,28)12-4-6-16(30-2)14(10-12)20(23)24/h3-6,9-10,17-18H,7-8H2,1-2H3. The van der Waals surface area contributed by atoms with Crippen LogP contribution in [0.25, 0.3) is 0 Å². The fourth-order valence-electron chi connectivity index (χ4n) is 2.50. The summed E-state index contributed by atoms with van der Waals surface area (Å²) in [7, 11) is -6.02. The van der Waals surface area contributed by atoms with Crippen molar-refractivity contribution in [1.29, 1.82) is 0 Å². The number of nitro benzene ring substituents is 2. The maximum Gasteiger partial charge on any atom is 0.312 e. The Morgan fingerprint density at radius 2 is 1.09 bits per heavy atom. The number of benzene rings is 2. The average Bonchev–Trinajstić information content (AvgIpc) is 2.75. The summed E-state index contributed by atoms with van der Waals surface area (Å²) in [5.41, 5.74) is -1.12. The molecule has 0 unspecified atom stereocenters. The first-order valence-corrected chi connectivity index (χ1v) is 11.5. The van der Waals surface area contributed by atoms with E-state index >= 15 is 0 Å². The molecule has 0 aromatic heterocycles. The summed E-state index contributed by atoms with van der Waals surface area (Å²) in [6.45, 7) is -0.806. The molecule has 0 fully saturated rings. The molecule has 0 radical (unpaired) electrons. The van der Waals surface area contributed by atoms with Crippen LogP contribution in [-0.4, -0.2) is 54.0 Å². The highest BCUT2D eigenvalue weighted by Crippen LogP contribution is 2.30. The molecule has 0 atom stereocenters. The molecule has 14 nitrogen and oxygen atoms in total. The number of nitrogens with zero attached hydrogens (tertiary/aromatic N) is 2. The summed E-state index contributed by atoms with van der Waals surface area (Å²) in [5, 5.41) is 22.1. The van der Waals surface area contributed by atoms with Gasteiger partial charge in [-0.2, -0.15) is 0 Å². The van der Waals surface area contributed by atoms with Gasteiger partial charge in [-0.15, -0.1) is 0 Å². The van der Waals surface area contributed by atoms with Crippen molar-refractivity contribution >= 4 is 31.4 Å². The quantitative estimate of drug-likeness (QED) is 0.258. The molecule has 0 aliphatic carbocycles. The highest BCUT2D eigenvalue weighted by molar-refractivity contribution is 7.90. The molecule has 32 heavy (non-hydrogen) atoms. The van der Waals surface area contributed by atoms with Crippen LogP contribution >= 0.6 is 0 Å². The van der Waals surface area contributed by atoms with Crippen LogP contribution in [0.4, 0.5) is 11.4 Å². The van der Waals surface area contributed by atoms with E-state index in [4.69, 9.17) is 9.47 Å². The van der Waals surface area contributed by atoms with E-state index in [2.05, 4.69) is 9.44 Å². The van der Waals surface area contributed by atoms with Gasteiger partial charge in [-0.05, 0) is 24.3 Å². The molecule has 0 saturated carbocycles. The number of methoxy groups -OCH3 is 2. The maximum absolute atomic E-state index is 12.4. The monoisotopic (exact) mass is 490 g/mol. The molecule has 0 aliphatic heterocycles. The van der Waals surface area contributed by atoms with E-state index < -0.39 is 64.1 Å². The first-order chi connectivity index (χ1) is 14.9. The van der Waals surface area contributed by atoms with Crippen LogP contribution in [0.15, 0.2) is 46.2 Å². The Balaban J connectivity index is 2.09. The number of ether oxygens (including phenoxy) is 2. The van der Waals surface area contributed by atoms with Gasteiger partial charge >= 0.3 is 11.4 Å². The lowest BCUT2D eigenvalue weighted by molar-refractivity contribution is -0.386. The lowest BCUT2D eigenvalue weighted by Crippen LogP contribution is -2.34. The SMILES string of the molecule is COc1ccc(S(=O)(=O)NCCNS(=O)(=O)c2ccc(OC)c([N+](=O)[O-])c2)cc1[N+](=O)[O-]. The minimum absolute atomic E-state index is 0.129. The van der Waals surface area contributed by atoms with Crippen molar-refractivity contribution < 1.29 is 36.2 Å². The van der Waals surface area contributed by atoms with Crippen molar-refractivity contribution in [2.75, 3.05) is 27.3 Å². The summed E-state index contributed by atoms with van der Waals surface area (Å²) >= 11 is 0. The van der Waals surface area contributed by atoms with Gasteiger partial charge in [-0.3, -0.25) is 20.2 Å². The highest BCUT2D eigenvalue weighted by atomic mass is 32.2. The Morgan fingerprint density at radius 3 is 1.38 bits per heavy atom. The van der Waals surface area contributed by atoms with Gasteiger partial charge in [0.2, 0.25) is 20.0 Å². The zero-order valence-corrected chi connectivity index (χ0v) is 18.3. The second-order valence-corrected chi connectivity index (χ2v) is 9.51. The first kappa shape index (κ1) is 24.9. The van der Waals surface area contributed by atoms with Crippen LogP contribution in [0, 0.1) is 20.2 Å². The average molecular weight is 490 g/mol. The Labute approximate surface area is 182 Å². The third-order valence-electron chi connectivity index (χ3n) is 4.02. The topological polar surface area (TPSA) is 197 Å². The predicted octanol–water partition coefficient (Wildman–Crippen LogP) is 0.777. The summed E-state index contributed by atoms with van der Waals surface area (Å²) in [4.78, 5) is 19.7. The summed E-state index contributed by atoms with van der Waals surface area (Å²) in [5.74, 6) is -0.259. The van der Waals surface area contributed by atoms with Crippen molar-refractivity contribution in [1.82, 2.24) is 9.44 Å². The molecule has 16 heteroatoms. The Bertz CT molecular complexity index is 1150. The molecule has 2 N–H and O–H groups in total. The van der Waals surface area contributed by atoms with E-state index in [0.29, 0.717) is 0 Å². The molecule has 0 saturated heterocycles. The molecule has 174 valence electrons. The largest absolute Gasteiger partial charge is 0.490 e. The Hall–Kier alpha value is -3.34. The van der Waals surface area contributed by atoms with Gasteiger partial charge in [0.15, 0.2) is 11.5 Å². The molecule has 2 aromatic carbocycles. The van der Waals surface area contributed by atoms with Gasteiger partial charge < -0.3 is 9.47 Å². The smallest absolute Gasteiger partial charge is 0.312 e. The van der Waals surface area contributed by atoms with E-state index in [1.54, 1.807) is 0 Å². The van der Waals surface area contributed by atoms with Crippen molar-refractivity contribution in [3.05, 3.63) is 56.6 Å². The molecule has 2 rings (SSSR count). The highest BCUT2D eigenvalue weighted by Gasteiger charge is 2.23. The van der Waals surface area contributed by atoms with Crippen molar-refractivity contribution in [3.63, 3.8) is 0 Å². The summed E-state index contributed by atoms with van der Waals surface area (Å²) in [6.07, 6.45) is 0. The molecule has 0 spiro atoms. The van der Waals surface area contributed by atoms with Crippen LogP contribution < -0.4 is 18.9 Å². The van der Waals surface area contributed by atoms with Crippen molar-refractivity contribution in [2.45, 2.75) is 9.79 Å². The zero-order chi connectivity index (χ0) is 24.1. The molecule has 0 amide bonds. The zero-order valence-electron chi connectivity index (χ0n) is 16.7. The Morgan fingerprint density at radius 1 is 0.750 bits per heavy atom. The van der Waals surface area contributed by atoms with Crippen LogP contribution in [-0.2, 0) is 20.0 Å². The van der Waals surface area contributed by atoms with E-state index in [-0.39, 0.29) is 11.5 Å². The normalized spacial score (nSPS) is 11.7. The summed E-state index contributed by atoms with van der Waals surface area (Å²) < 4.78 is 63.2. The second kappa shape index (κ2) is 9.86. The lowest BCUT2D eigenvalue weighted by Gasteiger charge is -2.10. The van der Waals surface area contributed by atoms with E-state index in [9.17, 15) is 37.1 Å². The molecular weight excluding hydrogens is 472 g/mol. The van der Waals surface area contributed by atoms with E-state index in [1.165, 1.54) is 14.2 Å². The van der Waals surface area contributed by atoms with E-state index in [0.717, 1.165) is 36.4 Å². The number of nitro groups is 2. The van der Waals surface area contributed by atoms with E-state index in [1.807, 2.05) is 0 Å². The van der Waals surface area contributed by atoms with Crippen LogP contribution in [0.5, 0.6) is 11.5 Å². The predicted molar refractivity (Wildman–Crippen MR) is 110 cm³/mol. The third kappa shape index (κ3) is 5.67. The van der Waals surface area contributed by atoms with Gasteiger partial charge in [-0.1, -0.05) is 0 Å². The molecule has 0 heterocycles. The number of sulfonamides is 2. The fourth-order valence-corrected chi connectivity index (χ4v) is 4.60. The molecule has 0 aliphatic rings. The number of rotatable bonds is 11. The fraction of sp³-hybridized carbons (Fsp3) is 0.250. The van der Waals surface area contributed by atoms with Gasteiger partial charge in [-0.25, -0.2) is 26.3 Å². The van der Waals surface area contributed by atoms with Crippen LogP contribution in [0.3, 0.4) is 0 Å². The van der Waals surface area contributed by atoms with Crippen molar-refractivity contribution in [3.8, 4) is 11.5 Å². The molecule has 0 bridgehead atoms. The molecular formula is C16H18N4O10S2. The minimum atomic E-state index is -4.20. The van der Waals surface area contributed by atoms with Crippen LogP contribution in [0.1, 0.15) is 0 Å². The third-order valence-corrected chi connectivity index (χ3v) is 6.94. The Kier molecular flexibility index (Phi) is 7.68. The van der Waals surface area contributed by atoms with Gasteiger partial charge in [0, 0.05) is 25.2 Å². The van der Waals surface area contributed by atoms with Gasteiger partial charge in [0.1, 0.15) is 0 Å². The number of hydrogen-bond donors (Lipinski definition) is 2. The number of hydrogen-bond acceptors (Lipinski definition) is 10. The van der Waals surface area contributed by atoms with Gasteiger partial charge in [0.25, 0.3) is 0 Å². The summed E-state index contributed by atoms with van der Waals surface area (Å²) in [6, 6.07) is 6.03. The maximum atomic E-state index is 12.4. The second-order valence-electron chi connectivity index (χ2n) is 5.98. The molecule has 2 aromatic rings. The lowest BCUT2D eigenvalue weighted by atomic mass is 10.3. The number of nitrogens with one attached hydrogen (secondary N) is 2. The van der Waals surface area contributed by atoms with Crippen molar-refractivity contribution in [2.24, 2.45) is 0 Å².